The molecular weight excluding hydrogens is 489 g/mol. The van der Waals surface area contributed by atoms with Gasteiger partial charge in [-0.2, -0.15) is 5.26 Å². The summed E-state index contributed by atoms with van der Waals surface area (Å²) in [5.74, 6) is 0.240. The molecule has 186 valence electrons. The normalized spacial score (nSPS) is 20.1. The van der Waals surface area contributed by atoms with Crippen LogP contribution in [0.1, 0.15) is 68.8 Å². The van der Waals surface area contributed by atoms with Crippen LogP contribution in [0.25, 0.3) is 10.9 Å². The van der Waals surface area contributed by atoms with Crippen LogP contribution in [0.2, 0.25) is 5.02 Å². The van der Waals surface area contributed by atoms with Crippen molar-refractivity contribution < 1.29 is 5.76 Å². The van der Waals surface area contributed by atoms with Crippen LogP contribution in [0.4, 0.5) is 15.8 Å². The summed E-state index contributed by atoms with van der Waals surface area (Å²) in [6, 6.07) is 10.4. The zero-order valence-electron chi connectivity index (χ0n) is 21.0. The second kappa shape index (κ2) is 8.42. The number of fused-ring (bicyclic) bond motifs is 1. The SMILES string of the molecule is [2H][C@](Nc1cc(Cl)c2ncc(C#N)c(NC3(C4CC4)CC3)c2c1)(c1ccc(F)cc1)c1cn(C2CC2)nn1. The molecule has 4 aromatic rings. The number of rotatable bonds is 8. The quantitative estimate of drug-likeness (QED) is 0.283. The molecule has 0 aliphatic heterocycles. The van der Waals surface area contributed by atoms with Crippen molar-refractivity contribution in [2.45, 2.75) is 56.1 Å². The molecule has 3 aliphatic rings. The molecule has 0 saturated heterocycles. The molecule has 0 bridgehead atoms. The van der Waals surface area contributed by atoms with E-state index in [1.54, 1.807) is 35.3 Å². The van der Waals surface area contributed by atoms with Gasteiger partial charge in [0.25, 0.3) is 0 Å². The van der Waals surface area contributed by atoms with Gasteiger partial charge in [-0.15, -0.1) is 5.10 Å². The Hall–Kier alpha value is -3.70. The molecule has 7 nitrogen and oxygen atoms in total. The number of hydrogen-bond donors (Lipinski definition) is 2. The number of benzene rings is 2. The number of nitrogens with one attached hydrogen (secondary N) is 2. The minimum atomic E-state index is -1.57. The summed E-state index contributed by atoms with van der Waals surface area (Å²) in [6.07, 6.45) is 9.96. The molecule has 7 rings (SSSR count). The van der Waals surface area contributed by atoms with Crippen LogP contribution >= 0.6 is 11.6 Å². The Morgan fingerprint density at radius 2 is 1.97 bits per heavy atom. The molecule has 2 aromatic heterocycles. The van der Waals surface area contributed by atoms with E-state index < -0.39 is 6.02 Å². The van der Waals surface area contributed by atoms with Crippen LogP contribution in [-0.2, 0) is 0 Å². The third-order valence-electron chi connectivity index (χ3n) is 7.66. The lowest BCUT2D eigenvalue weighted by molar-refractivity contribution is 0.610. The van der Waals surface area contributed by atoms with Crippen LogP contribution in [0.3, 0.4) is 0 Å². The maximum Gasteiger partial charge on any atom is 0.123 e. The molecule has 3 fully saturated rings. The van der Waals surface area contributed by atoms with Gasteiger partial charge in [0.05, 0.1) is 41.4 Å². The Labute approximate surface area is 220 Å². The Morgan fingerprint density at radius 3 is 2.65 bits per heavy atom. The Bertz CT molecular complexity index is 1600. The molecule has 1 atom stereocenters. The molecule has 0 radical (unpaired) electrons. The van der Waals surface area contributed by atoms with Crippen LogP contribution < -0.4 is 10.6 Å². The van der Waals surface area contributed by atoms with Gasteiger partial charge in [-0.1, -0.05) is 28.9 Å². The fraction of sp³-hybridized carbons (Fsp3) is 0.357. The number of anilines is 2. The standard InChI is InChI=1S/C28H25ClFN7/c29-23-12-20(11-22-25(17(13-31)14-32-27(22)23)34-28(9-10-28)18-3-4-18)33-26(16-1-5-19(30)6-2-16)24-15-37(36-35-24)21-7-8-21/h1-2,5-6,11-12,14-15,18,21,26,33H,3-4,7-10H2,(H,32,34)/t26-/m0/s1/i26D. The van der Waals surface area contributed by atoms with Crippen molar-refractivity contribution in [3.63, 3.8) is 0 Å². The van der Waals surface area contributed by atoms with Crippen molar-refractivity contribution in [1.82, 2.24) is 20.0 Å². The van der Waals surface area contributed by atoms with Crippen molar-refractivity contribution in [2.24, 2.45) is 5.92 Å². The summed E-state index contributed by atoms with van der Waals surface area (Å²) in [6.45, 7) is 0. The fourth-order valence-electron chi connectivity index (χ4n) is 5.16. The monoisotopic (exact) mass is 514 g/mol. The predicted octanol–water partition coefficient (Wildman–Crippen LogP) is 6.38. The number of aromatic nitrogens is 4. The molecule has 37 heavy (non-hydrogen) atoms. The molecule has 0 spiro atoms. The lowest BCUT2D eigenvalue weighted by Crippen LogP contribution is -2.24. The minimum Gasteiger partial charge on any atom is -0.378 e. The smallest absolute Gasteiger partial charge is 0.123 e. The maximum atomic E-state index is 13.8. The zero-order chi connectivity index (χ0) is 26.1. The minimum absolute atomic E-state index is 0.0321. The van der Waals surface area contributed by atoms with E-state index in [1.165, 1.54) is 25.0 Å². The number of halogens is 2. The number of pyridine rings is 1. The van der Waals surface area contributed by atoms with Gasteiger partial charge in [0.1, 0.15) is 17.6 Å². The first-order valence-electron chi connectivity index (χ1n) is 13.2. The lowest BCUT2D eigenvalue weighted by Gasteiger charge is -2.22. The summed E-state index contributed by atoms with van der Waals surface area (Å²) in [5, 5.41) is 26.6. The van der Waals surface area contributed by atoms with E-state index in [2.05, 4.69) is 32.0 Å². The number of hydrogen-bond acceptors (Lipinski definition) is 6. The first kappa shape index (κ1) is 21.4. The summed E-state index contributed by atoms with van der Waals surface area (Å²) < 4.78 is 25.1. The van der Waals surface area contributed by atoms with Gasteiger partial charge in [0, 0.05) is 22.8 Å². The van der Waals surface area contributed by atoms with Crippen LogP contribution in [0.15, 0.2) is 48.8 Å². The Morgan fingerprint density at radius 1 is 1.19 bits per heavy atom. The largest absolute Gasteiger partial charge is 0.378 e. The highest BCUT2D eigenvalue weighted by molar-refractivity contribution is 6.35. The average Bonchev–Trinajstić information content (AvgIpc) is 3.77. The van der Waals surface area contributed by atoms with Crippen molar-refractivity contribution in [1.29, 1.82) is 5.26 Å². The van der Waals surface area contributed by atoms with Crippen LogP contribution in [0, 0.1) is 23.1 Å². The van der Waals surface area contributed by atoms with Gasteiger partial charge in [-0.3, -0.25) is 4.98 Å². The van der Waals surface area contributed by atoms with Crippen molar-refractivity contribution in [3.8, 4) is 6.07 Å². The van der Waals surface area contributed by atoms with Crippen molar-refractivity contribution >= 4 is 33.9 Å². The molecular formula is C28H25ClFN7. The topological polar surface area (TPSA) is 91.5 Å². The third-order valence-corrected chi connectivity index (χ3v) is 7.94. The molecule has 0 amide bonds. The molecule has 2 aromatic carbocycles. The lowest BCUT2D eigenvalue weighted by atomic mass is 10.0. The average molecular weight is 515 g/mol. The van der Waals surface area contributed by atoms with E-state index in [0.29, 0.717) is 50.4 Å². The maximum absolute atomic E-state index is 13.8. The van der Waals surface area contributed by atoms with Gasteiger partial charge in [-0.25, -0.2) is 9.07 Å². The number of nitriles is 1. The van der Waals surface area contributed by atoms with E-state index in [-0.39, 0.29) is 11.4 Å². The summed E-state index contributed by atoms with van der Waals surface area (Å²) in [5.41, 5.74) is 3.25. The molecule has 3 saturated carbocycles. The zero-order valence-corrected chi connectivity index (χ0v) is 20.8. The third kappa shape index (κ3) is 4.17. The Kier molecular flexibility index (Phi) is 4.87. The first-order valence-corrected chi connectivity index (χ1v) is 13.0. The summed E-state index contributed by atoms with van der Waals surface area (Å²) in [4.78, 5) is 4.48. The second-order valence-corrected chi connectivity index (χ2v) is 10.8. The van der Waals surface area contributed by atoms with Gasteiger partial charge < -0.3 is 10.6 Å². The highest BCUT2D eigenvalue weighted by atomic mass is 35.5. The van der Waals surface area contributed by atoms with Crippen molar-refractivity contribution in [3.05, 3.63) is 76.5 Å². The highest BCUT2D eigenvalue weighted by Gasteiger charge is 2.54. The fourth-order valence-corrected chi connectivity index (χ4v) is 5.43. The van der Waals surface area contributed by atoms with E-state index in [9.17, 15) is 11.0 Å². The van der Waals surface area contributed by atoms with Crippen LogP contribution in [-0.4, -0.2) is 25.5 Å². The van der Waals surface area contributed by atoms with E-state index >= 15 is 0 Å². The van der Waals surface area contributed by atoms with Gasteiger partial charge in [0.15, 0.2) is 0 Å². The summed E-state index contributed by atoms with van der Waals surface area (Å²) >= 11 is 6.73. The van der Waals surface area contributed by atoms with Crippen LogP contribution in [0.5, 0.6) is 0 Å². The van der Waals surface area contributed by atoms with Gasteiger partial charge >= 0.3 is 0 Å². The molecule has 9 heteroatoms. The summed E-state index contributed by atoms with van der Waals surface area (Å²) in [7, 11) is 0. The highest BCUT2D eigenvalue weighted by Crippen LogP contribution is 2.56. The van der Waals surface area contributed by atoms with Gasteiger partial charge in [0.2, 0.25) is 0 Å². The van der Waals surface area contributed by atoms with E-state index in [0.717, 1.165) is 31.4 Å². The molecule has 3 aliphatic carbocycles. The molecule has 2 N–H and O–H groups in total. The Balaban J connectivity index is 1.34. The molecule has 2 heterocycles. The van der Waals surface area contributed by atoms with E-state index in [1.807, 2.05) is 6.07 Å². The van der Waals surface area contributed by atoms with E-state index in [4.69, 9.17) is 11.6 Å². The van der Waals surface area contributed by atoms with Crippen molar-refractivity contribution in [2.75, 3.05) is 10.6 Å². The predicted molar refractivity (Wildman–Crippen MR) is 140 cm³/mol. The number of nitrogens with zero attached hydrogens (tertiary/aromatic N) is 5. The molecule has 0 unspecified atom stereocenters. The first-order chi connectivity index (χ1) is 18.4. The van der Waals surface area contributed by atoms with Gasteiger partial charge in [-0.05, 0) is 74.3 Å². The second-order valence-electron chi connectivity index (χ2n) is 10.4.